The second-order valence-electron chi connectivity index (χ2n) is 5.05. The minimum absolute atomic E-state index is 0.00201. The van der Waals surface area contributed by atoms with E-state index in [1.165, 1.54) is 6.07 Å². The van der Waals surface area contributed by atoms with Gasteiger partial charge in [-0.3, -0.25) is 0 Å². The summed E-state index contributed by atoms with van der Waals surface area (Å²) in [7, 11) is 1.82. The van der Waals surface area contributed by atoms with Gasteiger partial charge in [-0.05, 0) is 56.3 Å². The molecule has 1 atom stereocenters. The van der Waals surface area contributed by atoms with Crippen molar-refractivity contribution in [3.8, 4) is 11.5 Å². The van der Waals surface area contributed by atoms with E-state index in [2.05, 4.69) is 5.32 Å². The van der Waals surface area contributed by atoms with E-state index >= 15 is 0 Å². The van der Waals surface area contributed by atoms with Crippen LogP contribution in [0.3, 0.4) is 0 Å². The lowest BCUT2D eigenvalue weighted by molar-refractivity contribution is 0.281. The van der Waals surface area contributed by atoms with Gasteiger partial charge in [-0.15, -0.1) is 0 Å². The highest BCUT2D eigenvalue weighted by molar-refractivity contribution is 5.43. The number of hydrogen-bond acceptors (Lipinski definition) is 3. The van der Waals surface area contributed by atoms with Gasteiger partial charge in [-0.25, -0.2) is 4.39 Å². The summed E-state index contributed by atoms with van der Waals surface area (Å²) < 4.78 is 19.7. The molecule has 0 radical (unpaired) electrons. The molecular formula is C17H20FNO2. The largest absolute Gasteiger partial charge is 0.457 e. The van der Waals surface area contributed by atoms with Crippen LogP contribution in [-0.2, 0) is 6.61 Å². The number of rotatable bonds is 5. The minimum atomic E-state index is -0.241. The molecule has 112 valence electrons. The van der Waals surface area contributed by atoms with Gasteiger partial charge < -0.3 is 15.2 Å². The van der Waals surface area contributed by atoms with Crippen LogP contribution in [0.1, 0.15) is 29.7 Å². The van der Waals surface area contributed by atoms with Gasteiger partial charge in [0, 0.05) is 11.6 Å². The number of nitrogens with one attached hydrogen (secondary N) is 1. The Labute approximate surface area is 124 Å². The van der Waals surface area contributed by atoms with Gasteiger partial charge in [0.1, 0.15) is 17.3 Å². The van der Waals surface area contributed by atoms with Gasteiger partial charge in [0.05, 0.1) is 6.61 Å². The summed E-state index contributed by atoms with van der Waals surface area (Å²) in [6.07, 6.45) is 0. The highest BCUT2D eigenvalue weighted by Crippen LogP contribution is 2.32. The lowest BCUT2D eigenvalue weighted by Gasteiger charge is -2.17. The third-order valence-corrected chi connectivity index (χ3v) is 3.52. The molecule has 21 heavy (non-hydrogen) atoms. The first kappa shape index (κ1) is 15.5. The Balaban J connectivity index is 2.34. The molecule has 0 aliphatic rings. The number of aliphatic hydroxyl groups excluding tert-OH is 1. The molecule has 2 aromatic carbocycles. The number of aliphatic hydroxyl groups is 1. The maximum absolute atomic E-state index is 13.8. The molecule has 0 amide bonds. The van der Waals surface area contributed by atoms with E-state index in [-0.39, 0.29) is 18.5 Å². The molecule has 1 unspecified atom stereocenters. The van der Waals surface area contributed by atoms with E-state index in [1.54, 1.807) is 37.3 Å². The molecule has 0 fully saturated rings. The van der Waals surface area contributed by atoms with Crippen LogP contribution in [0.15, 0.2) is 36.4 Å². The van der Waals surface area contributed by atoms with Crippen LogP contribution in [0.2, 0.25) is 0 Å². The summed E-state index contributed by atoms with van der Waals surface area (Å²) in [4.78, 5) is 0. The molecule has 0 aromatic heterocycles. The Hall–Kier alpha value is -1.91. The average Bonchev–Trinajstić information content (AvgIpc) is 2.50. The lowest BCUT2D eigenvalue weighted by Crippen LogP contribution is -2.13. The van der Waals surface area contributed by atoms with Crippen molar-refractivity contribution in [1.29, 1.82) is 0 Å². The van der Waals surface area contributed by atoms with Gasteiger partial charge in [-0.2, -0.15) is 0 Å². The smallest absolute Gasteiger partial charge is 0.132 e. The molecule has 4 heteroatoms. The monoisotopic (exact) mass is 289 g/mol. The van der Waals surface area contributed by atoms with E-state index in [4.69, 9.17) is 9.84 Å². The fourth-order valence-electron chi connectivity index (χ4n) is 2.04. The van der Waals surface area contributed by atoms with Crippen LogP contribution in [0.4, 0.5) is 4.39 Å². The second-order valence-corrected chi connectivity index (χ2v) is 5.05. The van der Waals surface area contributed by atoms with Crippen LogP contribution in [0.5, 0.6) is 11.5 Å². The topological polar surface area (TPSA) is 41.5 Å². The van der Waals surface area contributed by atoms with Crippen molar-refractivity contribution < 1.29 is 14.2 Å². The van der Waals surface area contributed by atoms with E-state index in [1.807, 2.05) is 14.0 Å². The number of halogens is 1. The first-order chi connectivity index (χ1) is 10.0. The van der Waals surface area contributed by atoms with E-state index in [9.17, 15) is 4.39 Å². The number of aryl methyl sites for hydroxylation is 1. The molecule has 0 aliphatic heterocycles. The average molecular weight is 289 g/mol. The third-order valence-electron chi connectivity index (χ3n) is 3.52. The summed E-state index contributed by atoms with van der Waals surface area (Å²) in [5, 5.41) is 12.1. The van der Waals surface area contributed by atoms with Crippen LogP contribution < -0.4 is 10.1 Å². The summed E-state index contributed by atoms with van der Waals surface area (Å²) in [5.74, 6) is 1.05. The molecule has 0 heterocycles. The summed E-state index contributed by atoms with van der Waals surface area (Å²) in [5.41, 5.74) is 2.14. The van der Waals surface area contributed by atoms with Crippen molar-refractivity contribution in [2.75, 3.05) is 7.05 Å². The minimum Gasteiger partial charge on any atom is -0.457 e. The molecule has 3 nitrogen and oxygen atoms in total. The summed E-state index contributed by atoms with van der Waals surface area (Å²) >= 11 is 0. The van der Waals surface area contributed by atoms with Crippen LogP contribution in [-0.4, -0.2) is 12.2 Å². The Morgan fingerprint density at radius 1 is 1.24 bits per heavy atom. The maximum Gasteiger partial charge on any atom is 0.132 e. The van der Waals surface area contributed by atoms with Crippen molar-refractivity contribution in [1.82, 2.24) is 5.32 Å². The quantitative estimate of drug-likeness (QED) is 0.882. The number of ether oxygens (including phenoxy) is 1. The number of hydrogen-bond donors (Lipinski definition) is 2. The van der Waals surface area contributed by atoms with E-state index < -0.39 is 0 Å². The first-order valence-corrected chi connectivity index (χ1v) is 6.90. The molecule has 0 aliphatic carbocycles. The Kier molecular flexibility index (Phi) is 4.94. The van der Waals surface area contributed by atoms with Gasteiger partial charge >= 0.3 is 0 Å². The fraction of sp³-hybridized carbons (Fsp3) is 0.294. The van der Waals surface area contributed by atoms with E-state index in [0.717, 1.165) is 11.1 Å². The zero-order valence-electron chi connectivity index (χ0n) is 12.5. The second kappa shape index (κ2) is 6.70. The third kappa shape index (κ3) is 3.60. The zero-order valence-corrected chi connectivity index (χ0v) is 12.5. The van der Waals surface area contributed by atoms with Gasteiger partial charge in [0.15, 0.2) is 0 Å². The SMILES string of the molecule is CNC(C)c1cc(F)c(C)cc1Oc1ccc(CO)cc1. The molecule has 0 saturated carbocycles. The standard InChI is InChI=1S/C17H20FNO2/c1-11-8-17(15(9-16(11)18)12(2)19-3)21-14-6-4-13(10-20)5-7-14/h4-9,12,19-20H,10H2,1-3H3. The molecule has 2 N–H and O–H groups in total. The predicted octanol–water partition coefficient (Wildman–Crippen LogP) is 3.70. The molecule has 0 bridgehead atoms. The highest BCUT2D eigenvalue weighted by atomic mass is 19.1. The zero-order chi connectivity index (χ0) is 15.4. The van der Waals surface area contributed by atoms with Gasteiger partial charge in [0.2, 0.25) is 0 Å². The first-order valence-electron chi connectivity index (χ1n) is 6.90. The maximum atomic E-state index is 13.8. The van der Waals surface area contributed by atoms with E-state index in [0.29, 0.717) is 17.1 Å². The fourth-order valence-corrected chi connectivity index (χ4v) is 2.04. The van der Waals surface area contributed by atoms with Crippen molar-refractivity contribution in [2.24, 2.45) is 0 Å². The van der Waals surface area contributed by atoms with Gasteiger partial charge in [-0.1, -0.05) is 12.1 Å². The van der Waals surface area contributed by atoms with Crippen molar-refractivity contribution in [3.05, 3.63) is 58.9 Å². The van der Waals surface area contributed by atoms with Crippen LogP contribution in [0, 0.1) is 12.7 Å². The van der Waals surface area contributed by atoms with Crippen LogP contribution in [0.25, 0.3) is 0 Å². The van der Waals surface area contributed by atoms with Crippen molar-refractivity contribution in [2.45, 2.75) is 26.5 Å². The predicted molar refractivity (Wildman–Crippen MR) is 81.1 cm³/mol. The normalized spacial score (nSPS) is 12.2. The van der Waals surface area contributed by atoms with Crippen molar-refractivity contribution >= 4 is 0 Å². The Morgan fingerprint density at radius 3 is 2.48 bits per heavy atom. The number of benzene rings is 2. The molecule has 0 spiro atoms. The van der Waals surface area contributed by atoms with Gasteiger partial charge in [0.25, 0.3) is 0 Å². The molecule has 2 rings (SSSR count). The Morgan fingerprint density at radius 2 is 1.90 bits per heavy atom. The molecule has 2 aromatic rings. The summed E-state index contributed by atoms with van der Waals surface area (Å²) in [6, 6.07) is 10.4. The molecule has 0 saturated heterocycles. The van der Waals surface area contributed by atoms with Crippen molar-refractivity contribution in [3.63, 3.8) is 0 Å². The lowest BCUT2D eigenvalue weighted by atomic mass is 10.0. The Bertz CT molecular complexity index is 611. The van der Waals surface area contributed by atoms with Crippen LogP contribution >= 0.6 is 0 Å². The molecular weight excluding hydrogens is 269 g/mol. The highest BCUT2D eigenvalue weighted by Gasteiger charge is 2.14. The summed E-state index contributed by atoms with van der Waals surface area (Å²) in [6.45, 7) is 3.66.